The van der Waals surface area contributed by atoms with Gasteiger partial charge in [0, 0.05) is 16.5 Å². The summed E-state index contributed by atoms with van der Waals surface area (Å²) in [5.74, 6) is 0. The summed E-state index contributed by atoms with van der Waals surface area (Å²) in [4.78, 5) is 0. The van der Waals surface area contributed by atoms with E-state index in [1.54, 1.807) is 0 Å². The van der Waals surface area contributed by atoms with Gasteiger partial charge in [0.2, 0.25) is 0 Å². The Hall–Kier alpha value is -4.59. The van der Waals surface area contributed by atoms with Crippen LogP contribution in [0.5, 0.6) is 0 Å². The first-order valence-corrected chi connectivity index (χ1v) is 13.8. The third-order valence-corrected chi connectivity index (χ3v) is 9.20. The summed E-state index contributed by atoms with van der Waals surface area (Å²) in [6.45, 7) is 0. The first-order valence-electron chi connectivity index (χ1n) is 13.4. The maximum Gasteiger partial charge on any atom is 0.0726 e. The molecule has 1 spiro atoms. The molecule has 0 amide bonds. The van der Waals surface area contributed by atoms with E-state index in [4.69, 9.17) is 11.6 Å². The minimum absolute atomic E-state index is 0.356. The highest BCUT2D eigenvalue weighted by molar-refractivity contribution is 6.38. The zero-order chi connectivity index (χ0) is 25.7. The lowest BCUT2D eigenvalue weighted by Crippen LogP contribution is -2.26. The van der Waals surface area contributed by atoms with Crippen LogP contribution in [0.3, 0.4) is 0 Å². The van der Waals surface area contributed by atoms with Gasteiger partial charge in [-0.1, -0.05) is 115 Å². The van der Waals surface area contributed by atoms with Crippen molar-refractivity contribution in [2.24, 2.45) is 0 Å². The second kappa shape index (κ2) is 7.50. The van der Waals surface area contributed by atoms with E-state index in [1.807, 2.05) is 12.1 Å². The van der Waals surface area contributed by atoms with E-state index in [9.17, 15) is 0 Å². The molecule has 9 rings (SSSR count). The van der Waals surface area contributed by atoms with Gasteiger partial charge >= 0.3 is 0 Å². The number of halogens is 1. The summed E-state index contributed by atoms with van der Waals surface area (Å²) >= 11 is 6.79. The zero-order valence-corrected chi connectivity index (χ0v) is 21.8. The molecule has 0 saturated heterocycles. The molecule has 0 bridgehead atoms. The lowest BCUT2D eigenvalue weighted by atomic mass is 9.70. The average molecular weight is 516 g/mol. The predicted molar refractivity (Wildman–Crippen MR) is 162 cm³/mol. The lowest BCUT2D eigenvalue weighted by molar-refractivity contribution is 0.792. The fourth-order valence-electron chi connectivity index (χ4n) is 7.48. The molecule has 0 unspecified atom stereocenters. The Labute approximate surface area is 231 Å². The van der Waals surface area contributed by atoms with E-state index < -0.39 is 0 Å². The van der Waals surface area contributed by atoms with E-state index in [2.05, 4.69) is 126 Å². The molecule has 1 aromatic heterocycles. The molecule has 7 aromatic rings. The molecule has 2 heteroatoms. The van der Waals surface area contributed by atoms with Crippen LogP contribution < -0.4 is 0 Å². The Morgan fingerprint density at radius 1 is 0.462 bits per heavy atom. The largest absolute Gasteiger partial charge is 0.309 e. The number of aromatic nitrogens is 1. The van der Waals surface area contributed by atoms with Crippen LogP contribution in [0, 0.1) is 0 Å². The van der Waals surface area contributed by atoms with Gasteiger partial charge < -0.3 is 4.57 Å². The van der Waals surface area contributed by atoms with Gasteiger partial charge in [-0.3, -0.25) is 0 Å². The lowest BCUT2D eigenvalue weighted by Gasteiger charge is -2.30. The van der Waals surface area contributed by atoms with Gasteiger partial charge in [-0.25, -0.2) is 0 Å². The molecule has 0 fully saturated rings. The van der Waals surface area contributed by atoms with Gasteiger partial charge in [-0.05, 0) is 74.8 Å². The van der Waals surface area contributed by atoms with Crippen molar-refractivity contribution in [3.05, 3.63) is 161 Å². The molecule has 0 N–H and O–H groups in total. The maximum absolute atomic E-state index is 6.79. The highest BCUT2D eigenvalue weighted by atomic mass is 35.5. The minimum atomic E-state index is -0.356. The third-order valence-electron chi connectivity index (χ3n) is 8.89. The molecule has 1 heterocycles. The number of para-hydroxylation sites is 1. The summed E-state index contributed by atoms with van der Waals surface area (Å²) in [5.41, 5.74) is 13.8. The van der Waals surface area contributed by atoms with E-state index in [0.717, 1.165) is 27.1 Å². The van der Waals surface area contributed by atoms with Crippen molar-refractivity contribution < 1.29 is 0 Å². The summed E-state index contributed by atoms with van der Waals surface area (Å²) in [7, 11) is 0. The SMILES string of the molecule is Clc1cccc2c1c1ccccc1n2-c1ccc2c(c1)C1(c3ccccc3-c3ccccc31)c1ccccc1-2. The summed E-state index contributed by atoms with van der Waals surface area (Å²) < 4.78 is 2.38. The normalized spacial score (nSPS) is 14.0. The molecule has 2 aliphatic rings. The van der Waals surface area contributed by atoms with Gasteiger partial charge in [0.25, 0.3) is 0 Å². The van der Waals surface area contributed by atoms with Crippen molar-refractivity contribution in [2.45, 2.75) is 5.41 Å². The third kappa shape index (κ3) is 2.52. The van der Waals surface area contributed by atoms with Crippen molar-refractivity contribution >= 4 is 33.4 Å². The van der Waals surface area contributed by atoms with Crippen molar-refractivity contribution in [1.29, 1.82) is 0 Å². The number of hydrogen-bond donors (Lipinski definition) is 0. The molecule has 6 aromatic carbocycles. The van der Waals surface area contributed by atoms with Crippen molar-refractivity contribution in [2.75, 3.05) is 0 Å². The Morgan fingerprint density at radius 3 is 1.67 bits per heavy atom. The molecule has 0 aliphatic heterocycles. The second-order valence-electron chi connectivity index (χ2n) is 10.6. The van der Waals surface area contributed by atoms with Crippen molar-refractivity contribution in [3.8, 4) is 27.9 Å². The quantitative estimate of drug-likeness (QED) is 0.205. The van der Waals surface area contributed by atoms with E-state index in [1.165, 1.54) is 49.9 Å². The fourth-order valence-corrected chi connectivity index (χ4v) is 7.75. The van der Waals surface area contributed by atoms with Crippen LogP contribution in [0.25, 0.3) is 49.7 Å². The van der Waals surface area contributed by atoms with Crippen LogP contribution in [0.15, 0.2) is 133 Å². The first kappa shape index (κ1) is 21.4. The predicted octanol–water partition coefficient (Wildman–Crippen LogP) is 9.78. The monoisotopic (exact) mass is 515 g/mol. The molecule has 1 nitrogen and oxygen atoms in total. The van der Waals surface area contributed by atoms with Crippen molar-refractivity contribution in [3.63, 3.8) is 0 Å². The van der Waals surface area contributed by atoms with Gasteiger partial charge in [0.15, 0.2) is 0 Å². The molecular formula is C37H22ClN. The molecule has 182 valence electrons. The Morgan fingerprint density at radius 2 is 1.00 bits per heavy atom. The van der Waals surface area contributed by atoms with Gasteiger partial charge in [-0.15, -0.1) is 0 Å². The Balaban J connectivity index is 1.43. The van der Waals surface area contributed by atoms with Gasteiger partial charge in [-0.2, -0.15) is 0 Å². The Bertz CT molecular complexity index is 2080. The standard InChI is InChI=1S/C37H22ClN/c38-33-17-9-19-35-36(33)28-13-4-8-18-34(28)39(35)23-20-21-27-26-12-3-7-16-31(26)37(32(27)22-23)29-14-5-1-10-24(29)25-11-2-6-15-30(25)37/h1-22H. The first-order chi connectivity index (χ1) is 19.3. The summed E-state index contributed by atoms with van der Waals surface area (Å²) in [6, 6.07) is 48.7. The number of nitrogens with zero attached hydrogens (tertiary/aromatic N) is 1. The van der Waals surface area contributed by atoms with E-state index in [-0.39, 0.29) is 5.41 Å². The molecular weight excluding hydrogens is 494 g/mol. The van der Waals surface area contributed by atoms with Crippen LogP contribution in [0.1, 0.15) is 22.3 Å². The second-order valence-corrected chi connectivity index (χ2v) is 11.0. The average Bonchev–Trinajstić information content (AvgIpc) is 3.59. The molecule has 39 heavy (non-hydrogen) atoms. The summed E-state index contributed by atoms with van der Waals surface area (Å²) in [5, 5.41) is 3.06. The fraction of sp³-hybridized carbons (Fsp3) is 0.0270. The van der Waals surface area contributed by atoms with Crippen LogP contribution in [-0.2, 0) is 5.41 Å². The number of hydrogen-bond acceptors (Lipinski definition) is 0. The van der Waals surface area contributed by atoms with Gasteiger partial charge in [0.05, 0.1) is 21.5 Å². The van der Waals surface area contributed by atoms with Gasteiger partial charge in [0.1, 0.15) is 0 Å². The minimum Gasteiger partial charge on any atom is -0.309 e. The zero-order valence-electron chi connectivity index (χ0n) is 21.0. The van der Waals surface area contributed by atoms with Crippen LogP contribution >= 0.6 is 11.6 Å². The smallest absolute Gasteiger partial charge is 0.0726 e. The summed E-state index contributed by atoms with van der Waals surface area (Å²) in [6.07, 6.45) is 0. The number of fused-ring (bicyclic) bond motifs is 13. The molecule has 0 saturated carbocycles. The van der Waals surface area contributed by atoms with Crippen LogP contribution in [0.2, 0.25) is 5.02 Å². The molecule has 2 aliphatic carbocycles. The van der Waals surface area contributed by atoms with E-state index >= 15 is 0 Å². The molecule has 0 radical (unpaired) electrons. The maximum atomic E-state index is 6.79. The highest BCUT2D eigenvalue weighted by Crippen LogP contribution is 2.62. The van der Waals surface area contributed by atoms with Crippen LogP contribution in [0.4, 0.5) is 0 Å². The van der Waals surface area contributed by atoms with Crippen LogP contribution in [-0.4, -0.2) is 4.57 Å². The Kier molecular flexibility index (Phi) is 4.11. The molecule has 0 atom stereocenters. The van der Waals surface area contributed by atoms with E-state index in [0.29, 0.717) is 0 Å². The van der Waals surface area contributed by atoms with Crippen molar-refractivity contribution in [1.82, 2.24) is 4.57 Å². The number of benzene rings is 6. The number of rotatable bonds is 1. The highest BCUT2D eigenvalue weighted by Gasteiger charge is 2.51. The topological polar surface area (TPSA) is 4.93 Å².